The second-order valence-corrected chi connectivity index (χ2v) is 10.8. The van der Waals surface area contributed by atoms with E-state index in [1.165, 1.54) is 31.2 Å². The van der Waals surface area contributed by atoms with E-state index >= 15 is 0 Å². The molecule has 0 aromatic heterocycles. The van der Waals surface area contributed by atoms with Crippen LogP contribution in [0, 0.1) is 11.8 Å². The topological polar surface area (TPSA) is 116 Å². The van der Waals surface area contributed by atoms with Crippen LogP contribution in [0.5, 0.6) is 11.5 Å². The molecule has 8 nitrogen and oxygen atoms in total. The number of amides is 2. The fraction of sp³-hybridized carbons (Fsp3) is 0.344. The van der Waals surface area contributed by atoms with Gasteiger partial charge in [-0.15, -0.1) is 0 Å². The first-order chi connectivity index (χ1) is 20.3. The second kappa shape index (κ2) is 11.1. The largest absolute Gasteiger partial charge is 0.480 e. The van der Waals surface area contributed by atoms with Crippen LogP contribution >= 0.6 is 0 Å². The molecule has 2 fully saturated rings. The molecule has 0 saturated carbocycles. The van der Waals surface area contributed by atoms with Crippen LogP contribution < -0.4 is 15.0 Å². The summed E-state index contributed by atoms with van der Waals surface area (Å²) in [6, 6.07) is 14.9. The first kappa shape index (κ1) is 30.2. The number of carbonyl (C=O) groups excluding carboxylic acids is 2. The Labute approximate surface area is 246 Å². The van der Waals surface area contributed by atoms with Crippen LogP contribution in [-0.4, -0.2) is 39.6 Å². The molecule has 3 aromatic carbocycles. The third-order valence-electron chi connectivity index (χ3n) is 8.41. The number of nitrogens with one attached hydrogen (secondary N) is 1. The lowest BCUT2D eigenvalue weighted by atomic mass is 9.76. The van der Waals surface area contributed by atoms with E-state index in [4.69, 9.17) is 4.74 Å². The molecule has 0 radical (unpaired) electrons. The average molecular weight is 597 g/mol. The normalized spacial score (nSPS) is 24.3. The quantitative estimate of drug-likeness (QED) is 0.303. The number of carbonyl (C=O) groups is 3. The summed E-state index contributed by atoms with van der Waals surface area (Å²) in [5.41, 5.74) is -0.783. The van der Waals surface area contributed by atoms with Gasteiger partial charge in [-0.25, -0.2) is 4.90 Å². The maximum atomic E-state index is 14.2. The van der Waals surface area contributed by atoms with Crippen LogP contribution in [0.2, 0.25) is 0 Å². The van der Waals surface area contributed by atoms with E-state index in [1.807, 2.05) is 32.0 Å². The molecular formula is C32H31F3N2O6. The molecule has 5 atom stereocenters. The predicted octanol–water partition coefficient (Wildman–Crippen LogP) is 5.28. The van der Waals surface area contributed by atoms with Gasteiger partial charge in [0.1, 0.15) is 11.5 Å². The number of alkyl halides is 3. The van der Waals surface area contributed by atoms with Crippen molar-refractivity contribution in [1.82, 2.24) is 5.32 Å². The highest BCUT2D eigenvalue weighted by Gasteiger charge is 2.70. The summed E-state index contributed by atoms with van der Waals surface area (Å²) in [5.74, 6) is -5.38. The Balaban J connectivity index is 1.59. The van der Waals surface area contributed by atoms with Gasteiger partial charge in [0.2, 0.25) is 11.8 Å². The Bertz CT molecular complexity index is 1570. The van der Waals surface area contributed by atoms with Crippen molar-refractivity contribution in [2.45, 2.75) is 57.5 Å². The van der Waals surface area contributed by atoms with Crippen molar-refractivity contribution >= 4 is 23.5 Å². The predicted molar refractivity (Wildman–Crippen MR) is 151 cm³/mol. The van der Waals surface area contributed by atoms with Gasteiger partial charge in [-0.1, -0.05) is 50.2 Å². The molecule has 0 spiro atoms. The lowest BCUT2D eigenvalue weighted by Gasteiger charge is -2.34. The average Bonchev–Trinajstić information content (AvgIpc) is 3.46. The van der Waals surface area contributed by atoms with Gasteiger partial charge < -0.3 is 14.9 Å². The molecule has 43 heavy (non-hydrogen) atoms. The number of carboxylic acids is 1. The van der Waals surface area contributed by atoms with Crippen molar-refractivity contribution in [2.75, 3.05) is 4.90 Å². The summed E-state index contributed by atoms with van der Waals surface area (Å²) in [6.45, 7) is 5.04. The molecule has 0 aliphatic carbocycles. The van der Waals surface area contributed by atoms with Crippen LogP contribution in [0.25, 0.3) is 0 Å². The molecule has 2 amide bonds. The number of benzene rings is 3. The van der Waals surface area contributed by atoms with Gasteiger partial charge in [0.25, 0.3) is 0 Å². The van der Waals surface area contributed by atoms with Gasteiger partial charge in [0.15, 0.2) is 5.54 Å². The van der Waals surface area contributed by atoms with E-state index in [9.17, 15) is 37.8 Å². The number of hydrogen-bond acceptors (Lipinski definition) is 6. The highest BCUT2D eigenvalue weighted by molar-refractivity contribution is 6.25. The Kier molecular flexibility index (Phi) is 7.82. The molecule has 5 unspecified atom stereocenters. The van der Waals surface area contributed by atoms with Gasteiger partial charge in [-0.3, -0.25) is 19.7 Å². The van der Waals surface area contributed by atoms with Crippen LogP contribution in [0.3, 0.4) is 0 Å². The second-order valence-electron chi connectivity index (χ2n) is 10.8. The molecule has 3 N–H and O–H groups in total. The number of fused-ring (bicyclic) bond motifs is 1. The molecule has 2 aliphatic heterocycles. The molecule has 2 heterocycles. The zero-order valence-corrected chi connectivity index (χ0v) is 23.7. The minimum absolute atomic E-state index is 0.0744. The molecular weight excluding hydrogens is 565 g/mol. The lowest BCUT2D eigenvalue weighted by molar-refractivity contribution is -0.154. The van der Waals surface area contributed by atoms with E-state index in [2.05, 4.69) is 5.32 Å². The van der Waals surface area contributed by atoms with E-state index in [-0.39, 0.29) is 11.5 Å². The Hall–Kier alpha value is -4.22. The Morgan fingerprint density at radius 3 is 2.12 bits per heavy atom. The fourth-order valence-corrected chi connectivity index (χ4v) is 6.35. The zero-order valence-electron chi connectivity index (χ0n) is 23.7. The summed E-state index contributed by atoms with van der Waals surface area (Å²) < 4.78 is 45.4. The molecule has 3 aromatic rings. The van der Waals surface area contributed by atoms with Gasteiger partial charge >= 0.3 is 12.1 Å². The number of imide groups is 1. The highest BCUT2D eigenvalue weighted by Crippen LogP contribution is 2.52. The highest BCUT2D eigenvalue weighted by atomic mass is 19.4. The molecule has 5 rings (SSSR count). The molecule has 226 valence electrons. The number of nitrogens with zero attached hydrogens (tertiary/aromatic N) is 1. The maximum absolute atomic E-state index is 14.2. The number of halogens is 3. The number of aliphatic carboxylic acids is 1. The summed E-state index contributed by atoms with van der Waals surface area (Å²) in [5, 5.41) is 24.2. The Morgan fingerprint density at radius 2 is 1.56 bits per heavy atom. The zero-order chi connectivity index (χ0) is 31.3. The first-order valence-corrected chi connectivity index (χ1v) is 14.0. The van der Waals surface area contributed by atoms with Crippen LogP contribution in [0.1, 0.15) is 49.1 Å². The van der Waals surface area contributed by atoms with E-state index in [1.54, 1.807) is 12.1 Å². The van der Waals surface area contributed by atoms with E-state index in [0.717, 1.165) is 28.2 Å². The van der Waals surface area contributed by atoms with Crippen molar-refractivity contribution < 1.29 is 42.5 Å². The van der Waals surface area contributed by atoms with Gasteiger partial charge in [-0.2, -0.15) is 13.2 Å². The lowest BCUT2D eigenvalue weighted by Crippen LogP contribution is -2.62. The van der Waals surface area contributed by atoms with Crippen molar-refractivity contribution in [1.29, 1.82) is 0 Å². The third-order valence-corrected chi connectivity index (χ3v) is 8.41. The van der Waals surface area contributed by atoms with Crippen LogP contribution in [-0.2, 0) is 33.4 Å². The molecule has 11 heteroatoms. The number of hydrogen-bond donors (Lipinski definition) is 3. The number of carboxylic acid groups (broad SMARTS) is 1. The van der Waals surface area contributed by atoms with Crippen molar-refractivity contribution in [3.63, 3.8) is 0 Å². The smallest absolute Gasteiger partial charge is 0.416 e. The summed E-state index contributed by atoms with van der Waals surface area (Å²) >= 11 is 0. The maximum Gasteiger partial charge on any atom is 0.416 e. The van der Waals surface area contributed by atoms with E-state index < -0.39 is 59.0 Å². The van der Waals surface area contributed by atoms with Crippen molar-refractivity contribution in [2.24, 2.45) is 11.8 Å². The minimum atomic E-state index is -4.57. The first-order valence-electron chi connectivity index (χ1n) is 14.0. The number of aliphatic hydroxyl groups is 1. The number of rotatable bonds is 8. The number of aliphatic hydroxyl groups excluding tert-OH is 1. The van der Waals surface area contributed by atoms with Gasteiger partial charge in [-0.05, 0) is 66.8 Å². The fourth-order valence-electron chi connectivity index (χ4n) is 6.35. The molecule has 2 saturated heterocycles. The molecule has 0 bridgehead atoms. The monoisotopic (exact) mass is 596 g/mol. The standard InChI is InChI=1S/C32H31F3N2O6/c1-4-18-9-6-10-19(5-2)27(18)37-28(39)24-25(29(37)40)31(17(3)38,30(41)42)36-26(24)20-11-7-13-22(15-20)43-23-14-8-12-21(16-23)32(33,34)35/h6-17,24-26,36,38H,4-5H2,1-3H3,(H,41,42). The number of anilines is 1. The van der Waals surface area contributed by atoms with Gasteiger partial charge in [0, 0.05) is 6.04 Å². The number of para-hydroxylation sites is 1. The van der Waals surface area contributed by atoms with Crippen molar-refractivity contribution in [3.05, 3.63) is 89.0 Å². The van der Waals surface area contributed by atoms with Gasteiger partial charge in [0.05, 0.1) is 29.2 Å². The minimum Gasteiger partial charge on any atom is -0.480 e. The summed E-state index contributed by atoms with van der Waals surface area (Å²) in [7, 11) is 0. The van der Waals surface area contributed by atoms with Crippen molar-refractivity contribution in [3.8, 4) is 11.5 Å². The Morgan fingerprint density at radius 1 is 0.977 bits per heavy atom. The van der Waals surface area contributed by atoms with Crippen LogP contribution in [0.15, 0.2) is 66.7 Å². The van der Waals surface area contributed by atoms with E-state index in [0.29, 0.717) is 24.1 Å². The molecule has 2 aliphatic rings. The third kappa shape index (κ3) is 4.96. The SMILES string of the molecule is CCc1cccc(CC)c1N1C(=O)C2C(c3cccc(Oc4cccc(C(F)(F)F)c4)c3)NC(C(=O)O)(C(C)O)C2C1=O. The van der Waals surface area contributed by atoms with Crippen LogP contribution in [0.4, 0.5) is 18.9 Å². The summed E-state index contributed by atoms with van der Waals surface area (Å²) in [4.78, 5) is 42.2. The number of ether oxygens (including phenoxy) is 1. The number of aryl methyl sites for hydroxylation is 2. The summed E-state index contributed by atoms with van der Waals surface area (Å²) in [6.07, 6.45) is -5.10.